The predicted octanol–water partition coefficient (Wildman–Crippen LogP) is 3.02. The molecule has 0 aliphatic rings. The van der Waals surface area contributed by atoms with Crippen LogP contribution in [-0.2, 0) is 9.47 Å². The summed E-state index contributed by atoms with van der Waals surface area (Å²) in [5.41, 5.74) is -0.693. The molecular formula is C13H17ClO3. The average Bonchev–Trinajstić information content (AvgIpc) is 2.26. The fourth-order valence-corrected chi connectivity index (χ4v) is 1.04. The van der Waals surface area contributed by atoms with E-state index >= 15 is 0 Å². The van der Waals surface area contributed by atoms with E-state index in [4.69, 9.17) is 33.9 Å². The summed E-state index contributed by atoms with van der Waals surface area (Å²) in [7, 11) is 0. The van der Waals surface area contributed by atoms with Gasteiger partial charge in [-0.1, -0.05) is 25.4 Å². The van der Waals surface area contributed by atoms with E-state index in [1.165, 1.54) is 0 Å². The van der Waals surface area contributed by atoms with Crippen LogP contribution in [-0.4, -0.2) is 18.3 Å². The first kappa shape index (κ1) is 15.7. The van der Waals surface area contributed by atoms with Gasteiger partial charge in [-0.2, -0.15) is 0 Å². The lowest BCUT2D eigenvalue weighted by molar-refractivity contribution is 0.0267. The third kappa shape index (κ3) is 7.55. The van der Waals surface area contributed by atoms with Crippen LogP contribution in [0.1, 0.15) is 26.7 Å². The van der Waals surface area contributed by atoms with Crippen LogP contribution in [0.2, 0.25) is 0 Å². The van der Waals surface area contributed by atoms with Crippen molar-refractivity contribution in [3.05, 3.63) is 0 Å². The maximum Gasteiger partial charge on any atom is 0.509 e. The van der Waals surface area contributed by atoms with Crippen molar-refractivity contribution in [3.63, 3.8) is 0 Å². The van der Waals surface area contributed by atoms with Gasteiger partial charge in [0.15, 0.2) is 5.56 Å². The van der Waals surface area contributed by atoms with E-state index in [1.807, 2.05) is 13.8 Å². The molecule has 94 valence electrons. The lowest BCUT2D eigenvalue weighted by Gasteiger charge is -2.16. The number of terminal acetylenes is 2. The van der Waals surface area contributed by atoms with Crippen LogP contribution in [0.15, 0.2) is 0 Å². The Bertz CT molecular complexity index is 296. The zero-order chi connectivity index (χ0) is 13.3. The second kappa shape index (κ2) is 8.79. The Balaban J connectivity index is 3.97. The molecule has 1 unspecified atom stereocenters. The van der Waals surface area contributed by atoms with Gasteiger partial charge >= 0.3 is 6.16 Å². The molecule has 0 radical (unpaired) electrons. The molecule has 0 aromatic carbocycles. The van der Waals surface area contributed by atoms with E-state index < -0.39 is 11.7 Å². The molecule has 0 aliphatic carbocycles. The van der Waals surface area contributed by atoms with Crippen LogP contribution in [0.25, 0.3) is 0 Å². The molecule has 0 saturated carbocycles. The van der Waals surface area contributed by atoms with Crippen molar-refractivity contribution in [2.75, 3.05) is 6.61 Å². The molecule has 0 aliphatic heterocycles. The van der Waals surface area contributed by atoms with Crippen LogP contribution < -0.4 is 0 Å². The highest BCUT2D eigenvalue weighted by Gasteiger charge is 2.17. The molecule has 0 aromatic heterocycles. The molecule has 0 fully saturated rings. The summed E-state index contributed by atoms with van der Waals surface area (Å²) in [4.78, 5) is 11.2. The molecule has 0 aromatic rings. The maximum atomic E-state index is 11.2. The number of alkyl halides is 1. The Kier molecular flexibility index (Phi) is 8.11. The lowest BCUT2D eigenvalue weighted by atomic mass is 10.0. The zero-order valence-electron chi connectivity index (χ0n) is 10.1. The van der Waals surface area contributed by atoms with Crippen LogP contribution in [0.4, 0.5) is 4.79 Å². The number of halogens is 1. The van der Waals surface area contributed by atoms with Crippen LogP contribution in [0.5, 0.6) is 0 Å². The molecule has 0 heterocycles. The van der Waals surface area contributed by atoms with Crippen LogP contribution in [0.3, 0.4) is 0 Å². The highest BCUT2D eigenvalue weighted by atomic mass is 35.5. The van der Waals surface area contributed by atoms with Gasteiger partial charge in [0.2, 0.25) is 0 Å². The average molecular weight is 257 g/mol. The first-order chi connectivity index (χ1) is 8.01. The number of hydrogen-bond acceptors (Lipinski definition) is 3. The summed E-state index contributed by atoms with van der Waals surface area (Å²) in [6, 6.07) is 0. The first-order valence-corrected chi connectivity index (χ1v) is 5.79. The second-order valence-electron chi connectivity index (χ2n) is 3.96. The van der Waals surface area contributed by atoms with Crippen LogP contribution >= 0.6 is 11.6 Å². The van der Waals surface area contributed by atoms with Gasteiger partial charge in [0, 0.05) is 24.7 Å². The molecule has 4 heteroatoms. The Morgan fingerprint density at radius 1 is 1.29 bits per heavy atom. The van der Waals surface area contributed by atoms with Crippen molar-refractivity contribution in [3.8, 4) is 24.7 Å². The van der Waals surface area contributed by atoms with E-state index in [1.54, 1.807) is 0 Å². The molecule has 0 spiro atoms. The third-order valence-corrected chi connectivity index (χ3v) is 2.58. The quantitative estimate of drug-likeness (QED) is 0.416. The Morgan fingerprint density at radius 2 is 1.82 bits per heavy atom. The number of carbonyl (C=O) groups excluding carboxylic acids is 1. The van der Waals surface area contributed by atoms with E-state index in [9.17, 15) is 4.79 Å². The van der Waals surface area contributed by atoms with Gasteiger partial charge in [-0.15, -0.1) is 24.7 Å². The molecule has 1 atom stereocenters. The highest BCUT2D eigenvalue weighted by Crippen LogP contribution is 2.13. The predicted molar refractivity (Wildman–Crippen MR) is 67.3 cm³/mol. The van der Waals surface area contributed by atoms with E-state index in [-0.39, 0.29) is 18.4 Å². The van der Waals surface area contributed by atoms with Gasteiger partial charge in [0.25, 0.3) is 0 Å². The zero-order valence-corrected chi connectivity index (χ0v) is 10.9. The number of rotatable bonds is 6. The monoisotopic (exact) mass is 256 g/mol. The fraction of sp³-hybridized carbons (Fsp3) is 0.615. The number of carbonyl (C=O) groups is 1. The smallest absolute Gasteiger partial charge is 0.434 e. The Hall–Kier alpha value is -1.32. The van der Waals surface area contributed by atoms with Gasteiger partial charge in [0.05, 0.1) is 6.61 Å². The van der Waals surface area contributed by atoms with Crippen molar-refractivity contribution in [1.82, 2.24) is 0 Å². The highest BCUT2D eigenvalue weighted by molar-refractivity contribution is 6.20. The molecule has 0 saturated heterocycles. The maximum absolute atomic E-state index is 11.2. The van der Waals surface area contributed by atoms with Gasteiger partial charge in [-0.05, 0) is 0 Å². The summed E-state index contributed by atoms with van der Waals surface area (Å²) in [6.07, 6.45) is 10.5. The van der Waals surface area contributed by atoms with E-state index in [0.29, 0.717) is 12.8 Å². The lowest BCUT2D eigenvalue weighted by Crippen LogP contribution is -2.21. The van der Waals surface area contributed by atoms with E-state index in [2.05, 4.69) is 11.8 Å². The van der Waals surface area contributed by atoms with Crippen molar-refractivity contribution in [2.45, 2.75) is 32.3 Å². The Morgan fingerprint density at radius 3 is 2.24 bits per heavy atom. The third-order valence-electron chi connectivity index (χ3n) is 1.98. The fourth-order valence-electron chi connectivity index (χ4n) is 0.971. The van der Waals surface area contributed by atoms with Gasteiger partial charge in [-0.25, -0.2) is 4.79 Å². The molecule has 3 nitrogen and oxygen atoms in total. The van der Waals surface area contributed by atoms with Gasteiger partial charge in [0.1, 0.15) is 0 Å². The Labute approximate surface area is 108 Å². The summed E-state index contributed by atoms with van der Waals surface area (Å²) >= 11 is 5.76. The standard InChI is InChI=1S/C13H17ClO3/c1-5-7-11(8-6-2)9-16-13(15)17-12(14)10(3)4/h1-2,10-12H,7-9H2,3-4H3. The van der Waals surface area contributed by atoms with Crippen molar-refractivity contribution >= 4 is 17.8 Å². The molecule has 0 amide bonds. The summed E-state index contributed by atoms with van der Waals surface area (Å²) in [5.74, 6) is 4.95. The summed E-state index contributed by atoms with van der Waals surface area (Å²) in [5, 5.41) is 0. The SMILES string of the molecule is C#CCC(CC#C)COC(=O)OC(Cl)C(C)C. The van der Waals surface area contributed by atoms with Crippen molar-refractivity contribution < 1.29 is 14.3 Å². The largest absolute Gasteiger partial charge is 0.509 e. The van der Waals surface area contributed by atoms with Crippen molar-refractivity contribution in [1.29, 1.82) is 0 Å². The molecule has 0 N–H and O–H groups in total. The first-order valence-electron chi connectivity index (χ1n) is 5.35. The minimum Gasteiger partial charge on any atom is -0.434 e. The number of ether oxygens (including phenoxy) is 2. The van der Waals surface area contributed by atoms with Crippen LogP contribution in [0, 0.1) is 36.5 Å². The van der Waals surface area contributed by atoms with Crippen molar-refractivity contribution in [2.24, 2.45) is 11.8 Å². The molecule has 0 rings (SSSR count). The normalized spacial score (nSPS) is 11.7. The summed E-state index contributed by atoms with van der Waals surface area (Å²) < 4.78 is 9.71. The second-order valence-corrected chi connectivity index (χ2v) is 4.39. The minimum absolute atomic E-state index is 0.0245. The van der Waals surface area contributed by atoms with Gasteiger partial charge < -0.3 is 9.47 Å². The topological polar surface area (TPSA) is 35.5 Å². The molecule has 0 bridgehead atoms. The molecule has 17 heavy (non-hydrogen) atoms. The molecular weight excluding hydrogens is 240 g/mol. The summed E-state index contributed by atoms with van der Waals surface area (Å²) in [6.45, 7) is 3.82. The number of hydrogen-bond donors (Lipinski definition) is 0. The van der Waals surface area contributed by atoms with Gasteiger partial charge in [-0.3, -0.25) is 0 Å². The van der Waals surface area contributed by atoms with E-state index in [0.717, 1.165) is 0 Å². The minimum atomic E-state index is -0.794.